The highest BCUT2D eigenvalue weighted by Gasteiger charge is 2.34. The number of carboxylic acid groups (broad SMARTS) is 1. The van der Waals surface area contributed by atoms with Crippen molar-refractivity contribution in [3.8, 4) is 0 Å². The molecule has 1 heterocycles. The second-order valence-electron chi connectivity index (χ2n) is 8.39. The topological polar surface area (TPSA) is 77.9 Å². The van der Waals surface area contributed by atoms with Gasteiger partial charge in [-0.2, -0.15) is 4.31 Å². The van der Waals surface area contributed by atoms with Crippen molar-refractivity contribution < 1.29 is 18.3 Å². The van der Waals surface area contributed by atoms with E-state index in [2.05, 4.69) is 20.8 Å². The van der Waals surface area contributed by atoms with E-state index in [9.17, 15) is 18.3 Å². The van der Waals surface area contributed by atoms with E-state index in [1.165, 1.54) is 4.31 Å². The lowest BCUT2D eigenvalue weighted by atomic mass is 9.85. The lowest BCUT2D eigenvalue weighted by molar-refractivity contribution is -0.143. The summed E-state index contributed by atoms with van der Waals surface area (Å²) in [6.45, 7) is 13.4. The summed E-state index contributed by atoms with van der Waals surface area (Å²) in [6.07, 6.45) is 0.508. The van der Waals surface area contributed by atoms with Gasteiger partial charge in [-0.05, 0) is 42.4 Å². The largest absolute Gasteiger partial charge is 0.480 e. The average molecular weight is 397 g/mol. The molecule has 0 aliphatic carbocycles. The summed E-state index contributed by atoms with van der Waals surface area (Å²) >= 11 is 0. The fourth-order valence-electron chi connectivity index (χ4n) is 3.76. The zero-order chi connectivity index (χ0) is 20.6. The molecule has 0 saturated carbocycles. The number of aliphatic carboxylic acids is 1. The van der Waals surface area contributed by atoms with E-state index in [0.29, 0.717) is 37.5 Å². The summed E-state index contributed by atoms with van der Waals surface area (Å²) in [5, 5.41) is 9.32. The molecule has 1 aliphatic rings. The van der Waals surface area contributed by atoms with Gasteiger partial charge in [0, 0.05) is 26.2 Å². The molecule has 0 amide bonds. The molecule has 7 heteroatoms. The smallest absolute Gasteiger partial charge is 0.320 e. The number of piperazine rings is 1. The maximum Gasteiger partial charge on any atom is 0.320 e. The van der Waals surface area contributed by atoms with Crippen molar-refractivity contribution in [3.05, 3.63) is 28.8 Å². The van der Waals surface area contributed by atoms with Crippen LogP contribution in [0.3, 0.4) is 0 Å². The van der Waals surface area contributed by atoms with E-state index in [0.717, 1.165) is 16.7 Å². The van der Waals surface area contributed by atoms with Crippen LogP contribution < -0.4 is 0 Å². The van der Waals surface area contributed by atoms with Gasteiger partial charge in [-0.1, -0.05) is 39.8 Å². The Morgan fingerprint density at radius 2 is 1.59 bits per heavy atom. The van der Waals surface area contributed by atoms with Crippen LogP contribution in [-0.4, -0.2) is 60.9 Å². The first-order valence-corrected chi connectivity index (χ1v) is 10.9. The molecule has 6 nitrogen and oxygen atoms in total. The van der Waals surface area contributed by atoms with E-state index in [-0.39, 0.29) is 5.41 Å². The number of carboxylic acids is 1. The number of rotatable bonds is 5. The average Bonchev–Trinajstić information content (AvgIpc) is 2.54. The van der Waals surface area contributed by atoms with Crippen LogP contribution in [0.25, 0.3) is 0 Å². The summed E-state index contributed by atoms with van der Waals surface area (Å²) in [5.74, 6) is -0.849. The van der Waals surface area contributed by atoms with E-state index >= 15 is 0 Å². The maximum absolute atomic E-state index is 13.3. The van der Waals surface area contributed by atoms with Crippen molar-refractivity contribution in [1.82, 2.24) is 9.21 Å². The molecule has 1 aromatic rings. The summed E-state index contributed by atoms with van der Waals surface area (Å²) in [6, 6.07) is 3.38. The van der Waals surface area contributed by atoms with Gasteiger partial charge in [0.15, 0.2) is 0 Å². The fourth-order valence-corrected chi connectivity index (χ4v) is 5.60. The van der Waals surface area contributed by atoms with Crippen LogP contribution in [0.1, 0.15) is 50.8 Å². The molecule has 0 bridgehead atoms. The first-order valence-electron chi connectivity index (χ1n) is 9.48. The quantitative estimate of drug-likeness (QED) is 0.828. The minimum atomic E-state index is -3.60. The van der Waals surface area contributed by atoms with Gasteiger partial charge in [0.05, 0.1) is 4.90 Å². The number of benzene rings is 1. The molecule has 1 saturated heterocycles. The first-order chi connectivity index (χ1) is 12.4. The maximum atomic E-state index is 13.3. The predicted octanol–water partition coefficient (Wildman–Crippen LogP) is 2.77. The summed E-state index contributed by atoms with van der Waals surface area (Å²) < 4.78 is 28.0. The van der Waals surface area contributed by atoms with E-state index in [1.54, 1.807) is 0 Å². The van der Waals surface area contributed by atoms with Crippen LogP contribution >= 0.6 is 0 Å². The molecule has 1 unspecified atom stereocenters. The molecule has 0 radical (unpaired) electrons. The first kappa shape index (κ1) is 21.9. The van der Waals surface area contributed by atoms with Crippen LogP contribution in [0.4, 0.5) is 0 Å². The molecule has 1 N–H and O–H groups in total. The SMILES string of the molecule is CCC(C(=O)O)N1CCN(S(=O)(=O)c2c(C)cc(C(C)(C)C)cc2C)CC1. The monoisotopic (exact) mass is 396 g/mol. The van der Waals surface area contributed by atoms with Crippen LogP contribution in [0.5, 0.6) is 0 Å². The summed E-state index contributed by atoms with van der Waals surface area (Å²) in [5.41, 5.74) is 2.60. The number of nitrogens with zero attached hydrogens (tertiary/aromatic N) is 2. The minimum Gasteiger partial charge on any atom is -0.480 e. The lowest BCUT2D eigenvalue weighted by Gasteiger charge is -2.37. The molecule has 1 aromatic carbocycles. The third-order valence-electron chi connectivity index (χ3n) is 5.31. The number of carbonyl (C=O) groups is 1. The zero-order valence-corrected chi connectivity index (χ0v) is 18.1. The Labute approximate surface area is 163 Å². The molecule has 2 rings (SSSR count). The van der Waals surface area contributed by atoms with Crippen molar-refractivity contribution >= 4 is 16.0 Å². The van der Waals surface area contributed by atoms with Crippen molar-refractivity contribution in [3.63, 3.8) is 0 Å². The minimum absolute atomic E-state index is 0.0462. The summed E-state index contributed by atoms with van der Waals surface area (Å²) in [7, 11) is -3.60. The highest BCUT2D eigenvalue weighted by Crippen LogP contribution is 2.31. The van der Waals surface area contributed by atoms with Crippen molar-refractivity contribution in [2.45, 2.75) is 64.3 Å². The zero-order valence-electron chi connectivity index (χ0n) is 17.2. The third kappa shape index (κ3) is 4.52. The van der Waals surface area contributed by atoms with Gasteiger partial charge in [0.1, 0.15) is 6.04 Å². The van der Waals surface area contributed by atoms with Crippen molar-refractivity contribution in [2.24, 2.45) is 0 Å². The molecular formula is C20H32N2O4S. The highest BCUT2D eigenvalue weighted by atomic mass is 32.2. The van der Waals surface area contributed by atoms with E-state index in [1.807, 2.05) is 37.8 Å². The number of aryl methyl sites for hydroxylation is 2. The van der Waals surface area contributed by atoms with Gasteiger partial charge in [0.2, 0.25) is 10.0 Å². The normalized spacial score (nSPS) is 18.4. The van der Waals surface area contributed by atoms with Gasteiger partial charge in [-0.25, -0.2) is 8.42 Å². The van der Waals surface area contributed by atoms with E-state index in [4.69, 9.17) is 0 Å². The molecular weight excluding hydrogens is 364 g/mol. The molecule has 1 atom stereocenters. The fraction of sp³-hybridized carbons (Fsp3) is 0.650. The Morgan fingerprint density at radius 3 is 1.96 bits per heavy atom. The second kappa shape index (κ2) is 7.89. The molecule has 0 aromatic heterocycles. The highest BCUT2D eigenvalue weighted by molar-refractivity contribution is 7.89. The molecule has 1 fully saturated rings. The van der Waals surface area contributed by atoms with Crippen LogP contribution in [0.15, 0.2) is 17.0 Å². The van der Waals surface area contributed by atoms with Gasteiger partial charge < -0.3 is 5.11 Å². The molecule has 0 spiro atoms. The van der Waals surface area contributed by atoms with Gasteiger partial charge in [-0.3, -0.25) is 9.69 Å². The predicted molar refractivity (Wildman–Crippen MR) is 107 cm³/mol. The Kier molecular flexibility index (Phi) is 6.39. The van der Waals surface area contributed by atoms with Crippen molar-refractivity contribution in [1.29, 1.82) is 0 Å². The van der Waals surface area contributed by atoms with Crippen LogP contribution in [0, 0.1) is 13.8 Å². The molecule has 152 valence electrons. The van der Waals surface area contributed by atoms with Crippen molar-refractivity contribution in [2.75, 3.05) is 26.2 Å². The van der Waals surface area contributed by atoms with Crippen LogP contribution in [0.2, 0.25) is 0 Å². The standard InChI is InChI=1S/C20H32N2O4S/c1-7-17(19(23)24)21-8-10-22(11-9-21)27(25,26)18-14(2)12-16(13-15(18)3)20(4,5)6/h12-13,17H,7-11H2,1-6H3,(H,23,24). The Balaban J connectivity index is 2.27. The lowest BCUT2D eigenvalue weighted by Crippen LogP contribution is -2.53. The third-order valence-corrected chi connectivity index (χ3v) is 7.51. The van der Waals surface area contributed by atoms with Gasteiger partial charge in [-0.15, -0.1) is 0 Å². The number of sulfonamides is 1. The Bertz CT molecular complexity index is 781. The van der Waals surface area contributed by atoms with Gasteiger partial charge >= 0.3 is 5.97 Å². The molecule has 27 heavy (non-hydrogen) atoms. The second-order valence-corrected chi connectivity index (χ2v) is 10.3. The Hall–Kier alpha value is -1.44. The number of hydrogen-bond acceptors (Lipinski definition) is 4. The summed E-state index contributed by atoms with van der Waals surface area (Å²) in [4.78, 5) is 13.6. The van der Waals surface area contributed by atoms with E-state index < -0.39 is 22.0 Å². The Morgan fingerprint density at radius 1 is 1.11 bits per heavy atom. The molecule has 1 aliphatic heterocycles. The van der Waals surface area contributed by atoms with Gasteiger partial charge in [0.25, 0.3) is 0 Å². The van der Waals surface area contributed by atoms with Crippen LogP contribution in [-0.2, 0) is 20.2 Å². The number of hydrogen-bond donors (Lipinski definition) is 1.